The van der Waals surface area contributed by atoms with Crippen molar-refractivity contribution in [3.8, 4) is 0 Å². The van der Waals surface area contributed by atoms with Gasteiger partial charge in [-0.05, 0) is 36.1 Å². The molecular weight excluding hydrogens is 308 g/mol. The minimum Gasteiger partial charge on any atom is -0.389 e. The van der Waals surface area contributed by atoms with Crippen molar-refractivity contribution in [3.63, 3.8) is 0 Å². The van der Waals surface area contributed by atoms with E-state index in [2.05, 4.69) is 29.8 Å². The van der Waals surface area contributed by atoms with E-state index < -0.39 is 0 Å². The van der Waals surface area contributed by atoms with Crippen LogP contribution in [0.3, 0.4) is 0 Å². The number of nitrogens with two attached hydrogens (primary N) is 1. The summed E-state index contributed by atoms with van der Waals surface area (Å²) in [6, 6.07) is 10.3. The summed E-state index contributed by atoms with van der Waals surface area (Å²) in [7, 11) is 0. The molecule has 1 aromatic heterocycles. The van der Waals surface area contributed by atoms with Crippen LogP contribution in [-0.2, 0) is 0 Å². The van der Waals surface area contributed by atoms with Gasteiger partial charge in [0.2, 0.25) is 0 Å². The molecule has 0 saturated carbocycles. The van der Waals surface area contributed by atoms with Crippen molar-refractivity contribution in [3.05, 3.63) is 51.2 Å². The van der Waals surface area contributed by atoms with E-state index in [9.17, 15) is 0 Å². The van der Waals surface area contributed by atoms with Gasteiger partial charge < -0.3 is 11.1 Å². The molecule has 1 aromatic carbocycles. The first-order valence-corrected chi connectivity index (χ1v) is 8.17. The van der Waals surface area contributed by atoms with Crippen molar-refractivity contribution in [2.75, 3.05) is 5.32 Å². The molecule has 0 spiro atoms. The van der Waals surface area contributed by atoms with Crippen molar-refractivity contribution in [1.82, 2.24) is 0 Å². The zero-order valence-electron chi connectivity index (χ0n) is 11.2. The third kappa shape index (κ3) is 3.72. The van der Waals surface area contributed by atoms with Gasteiger partial charge in [0.1, 0.15) is 4.99 Å². The Kier molecular flexibility index (Phi) is 5.40. The maximum absolute atomic E-state index is 6.20. The van der Waals surface area contributed by atoms with Gasteiger partial charge in [-0.15, -0.1) is 11.3 Å². The van der Waals surface area contributed by atoms with Crippen LogP contribution in [0.4, 0.5) is 5.69 Å². The Morgan fingerprint density at radius 2 is 2.25 bits per heavy atom. The molecule has 0 radical (unpaired) electrons. The molecule has 0 aliphatic carbocycles. The van der Waals surface area contributed by atoms with Crippen molar-refractivity contribution in [1.29, 1.82) is 0 Å². The van der Waals surface area contributed by atoms with Crippen LogP contribution in [0.25, 0.3) is 0 Å². The zero-order chi connectivity index (χ0) is 14.5. The summed E-state index contributed by atoms with van der Waals surface area (Å²) in [5.41, 5.74) is 7.32. The van der Waals surface area contributed by atoms with E-state index in [0.29, 0.717) is 16.1 Å². The predicted molar refractivity (Wildman–Crippen MR) is 92.9 cm³/mol. The minimum atomic E-state index is 0.312. The summed E-state index contributed by atoms with van der Waals surface area (Å²) in [6.45, 7) is 2.19. The maximum atomic E-state index is 6.20. The molecular formula is C15H17ClN2S2. The first-order valence-electron chi connectivity index (χ1n) is 6.51. The van der Waals surface area contributed by atoms with Crippen LogP contribution < -0.4 is 11.1 Å². The van der Waals surface area contributed by atoms with E-state index in [1.54, 1.807) is 11.3 Å². The van der Waals surface area contributed by atoms with E-state index in [4.69, 9.17) is 29.6 Å². The van der Waals surface area contributed by atoms with Gasteiger partial charge in [-0.3, -0.25) is 0 Å². The Labute approximate surface area is 134 Å². The highest BCUT2D eigenvalue weighted by molar-refractivity contribution is 7.80. The SMILES string of the molecule is CCCC(Nc1ccc(C(N)=S)c(Cl)c1)c1cccs1. The summed E-state index contributed by atoms with van der Waals surface area (Å²) in [6.07, 6.45) is 2.20. The van der Waals surface area contributed by atoms with E-state index in [-0.39, 0.29) is 0 Å². The van der Waals surface area contributed by atoms with Crippen LogP contribution in [0.2, 0.25) is 5.02 Å². The van der Waals surface area contributed by atoms with E-state index in [1.165, 1.54) is 4.88 Å². The molecule has 1 heterocycles. The number of anilines is 1. The number of rotatable bonds is 6. The molecule has 0 aliphatic rings. The molecule has 0 bridgehead atoms. The van der Waals surface area contributed by atoms with Crippen molar-refractivity contribution in [2.24, 2.45) is 5.73 Å². The van der Waals surface area contributed by atoms with Crippen LogP contribution >= 0.6 is 35.2 Å². The van der Waals surface area contributed by atoms with Crippen molar-refractivity contribution in [2.45, 2.75) is 25.8 Å². The van der Waals surface area contributed by atoms with Gasteiger partial charge in [-0.2, -0.15) is 0 Å². The number of thiocarbonyl (C=S) groups is 1. The lowest BCUT2D eigenvalue weighted by atomic mass is 10.1. The van der Waals surface area contributed by atoms with Crippen LogP contribution in [0.15, 0.2) is 35.7 Å². The highest BCUT2D eigenvalue weighted by atomic mass is 35.5. The molecule has 0 aliphatic heterocycles. The number of halogens is 1. The van der Waals surface area contributed by atoms with Crippen LogP contribution in [0.1, 0.15) is 36.2 Å². The zero-order valence-corrected chi connectivity index (χ0v) is 13.6. The largest absolute Gasteiger partial charge is 0.389 e. The number of hydrogen-bond donors (Lipinski definition) is 2. The standard InChI is InChI=1S/C15H17ClN2S2/c1-2-4-13(14-5-3-8-20-14)18-10-6-7-11(15(17)19)12(16)9-10/h3,5-9,13,18H,2,4H2,1H3,(H2,17,19). The van der Waals surface area contributed by atoms with Gasteiger partial charge in [-0.25, -0.2) is 0 Å². The number of thiophene rings is 1. The Bertz CT molecular complexity index is 582. The Morgan fingerprint density at radius 1 is 1.45 bits per heavy atom. The second-order valence-corrected chi connectivity index (χ2v) is 6.39. The lowest BCUT2D eigenvalue weighted by molar-refractivity contribution is 0.688. The smallest absolute Gasteiger partial charge is 0.105 e. The van der Waals surface area contributed by atoms with Crippen LogP contribution in [0.5, 0.6) is 0 Å². The van der Waals surface area contributed by atoms with E-state index in [1.807, 2.05) is 18.2 Å². The first-order chi connectivity index (χ1) is 9.61. The molecule has 3 N–H and O–H groups in total. The van der Waals surface area contributed by atoms with Crippen molar-refractivity contribution >= 4 is 45.8 Å². The third-order valence-electron chi connectivity index (χ3n) is 3.04. The highest BCUT2D eigenvalue weighted by Gasteiger charge is 2.12. The number of hydrogen-bond acceptors (Lipinski definition) is 3. The monoisotopic (exact) mass is 324 g/mol. The lowest BCUT2D eigenvalue weighted by Crippen LogP contribution is -2.12. The molecule has 2 nitrogen and oxygen atoms in total. The molecule has 2 rings (SSSR count). The second-order valence-electron chi connectivity index (χ2n) is 4.56. The average Bonchev–Trinajstić information content (AvgIpc) is 2.91. The molecule has 1 unspecified atom stereocenters. The lowest BCUT2D eigenvalue weighted by Gasteiger charge is -2.18. The fourth-order valence-electron chi connectivity index (χ4n) is 2.07. The van der Waals surface area contributed by atoms with Gasteiger partial charge >= 0.3 is 0 Å². The van der Waals surface area contributed by atoms with E-state index >= 15 is 0 Å². The maximum Gasteiger partial charge on any atom is 0.105 e. The second kappa shape index (κ2) is 7.07. The fraction of sp³-hybridized carbons (Fsp3) is 0.267. The summed E-state index contributed by atoms with van der Waals surface area (Å²) >= 11 is 12.9. The first kappa shape index (κ1) is 15.3. The Hall–Kier alpha value is -1.10. The van der Waals surface area contributed by atoms with Crippen LogP contribution in [-0.4, -0.2) is 4.99 Å². The highest BCUT2D eigenvalue weighted by Crippen LogP contribution is 2.29. The van der Waals surface area contributed by atoms with Crippen molar-refractivity contribution < 1.29 is 0 Å². The fourth-order valence-corrected chi connectivity index (χ4v) is 3.40. The number of nitrogens with one attached hydrogen (secondary N) is 1. The van der Waals surface area contributed by atoms with E-state index in [0.717, 1.165) is 24.1 Å². The van der Waals surface area contributed by atoms with Gasteiger partial charge in [-0.1, -0.05) is 43.2 Å². The summed E-state index contributed by atoms with van der Waals surface area (Å²) < 4.78 is 0. The predicted octanol–water partition coefficient (Wildman–Crippen LogP) is 4.99. The molecule has 106 valence electrons. The van der Waals surface area contributed by atoms with Gasteiger partial charge in [0.25, 0.3) is 0 Å². The molecule has 1 atom stereocenters. The summed E-state index contributed by atoms with van der Waals surface area (Å²) in [4.78, 5) is 1.66. The van der Waals surface area contributed by atoms with Gasteiger partial charge in [0, 0.05) is 16.1 Å². The number of benzene rings is 1. The molecule has 5 heteroatoms. The Morgan fingerprint density at radius 3 is 2.80 bits per heavy atom. The molecule has 0 amide bonds. The third-order valence-corrected chi connectivity index (χ3v) is 4.56. The van der Waals surface area contributed by atoms with Gasteiger partial charge in [0.15, 0.2) is 0 Å². The molecule has 0 fully saturated rings. The molecule has 20 heavy (non-hydrogen) atoms. The van der Waals surface area contributed by atoms with Crippen LogP contribution in [0, 0.1) is 0 Å². The van der Waals surface area contributed by atoms with Gasteiger partial charge in [0.05, 0.1) is 11.1 Å². The molecule has 0 saturated heterocycles. The quantitative estimate of drug-likeness (QED) is 0.735. The average molecular weight is 325 g/mol. The Balaban J connectivity index is 2.19. The normalized spacial score (nSPS) is 12.1. The summed E-state index contributed by atoms with van der Waals surface area (Å²) in [5.74, 6) is 0. The molecule has 2 aromatic rings. The topological polar surface area (TPSA) is 38.0 Å². The summed E-state index contributed by atoms with van der Waals surface area (Å²) in [5, 5.41) is 6.22. The minimum absolute atomic E-state index is 0.312.